The number of nitrogens with one attached hydrogen (secondary N) is 4. The molecule has 0 unspecified atom stereocenters. The number of rotatable bonds is 12. The molecule has 58 heavy (non-hydrogen) atoms. The number of H-pyrrole nitrogens is 2. The van der Waals surface area contributed by atoms with Crippen LogP contribution in [-0.2, 0) is 6.42 Å². The fraction of sp³-hybridized carbons (Fsp3) is 0.0962. The maximum Gasteiger partial charge on any atom is 0.171 e. The zero-order valence-electron chi connectivity index (χ0n) is 32.4. The van der Waals surface area contributed by atoms with E-state index in [2.05, 4.69) is 222 Å². The normalized spacial score (nSPS) is 12.0. The van der Waals surface area contributed by atoms with Gasteiger partial charge in [0.05, 0.1) is 0 Å². The Morgan fingerprint density at radius 2 is 1.03 bits per heavy atom. The highest BCUT2D eigenvalue weighted by Gasteiger charge is 2.28. The summed E-state index contributed by atoms with van der Waals surface area (Å²) in [6.07, 6.45) is 1.64. The Hall–Kier alpha value is -6.26. The molecule has 9 rings (SSSR count). The van der Waals surface area contributed by atoms with Gasteiger partial charge in [0.2, 0.25) is 0 Å². The second-order valence-electron chi connectivity index (χ2n) is 14.9. The summed E-state index contributed by atoms with van der Waals surface area (Å²) >= 11 is 6.03. The SMILES string of the molecule is C[C@@H](CP(c1ccccc1)c1ccccc1)NC(=S)Nc1ccccc1Cc1[nH]c2ccccc2c1-c1c(C(c2ccccc2)c2ccccc2)[nH]c2ccccc12. The van der Waals surface area contributed by atoms with Crippen LogP contribution >= 0.6 is 20.1 Å². The Morgan fingerprint density at radius 3 is 1.64 bits per heavy atom. The van der Waals surface area contributed by atoms with Crippen LogP contribution in [0.4, 0.5) is 5.69 Å². The zero-order chi connectivity index (χ0) is 39.3. The van der Waals surface area contributed by atoms with Crippen molar-refractivity contribution in [2.75, 3.05) is 11.5 Å². The first-order chi connectivity index (χ1) is 28.6. The summed E-state index contributed by atoms with van der Waals surface area (Å²) in [5, 5.41) is 13.0. The molecule has 7 aromatic carbocycles. The van der Waals surface area contributed by atoms with Crippen molar-refractivity contribution >= 4 is 63.4 Å². The molecular weight excluding hydrogens is 744 g/mol. The number of aromatic amines is 2. The van der Waals surface area contributed by atoms with Crippen LogP contribution in [0.5, 0.6) is 0 Å². The van der Waals surface area contributed by atoms with Crippen molar-refractivity contribution in [2.45, 2.75) is 25.3 Å². The topological polar surface area (TPSA) is 55.6 Å². The second-order valence-corrected chi connectivity index (χ2v) is 17.5. The summed E-state index contributed by atoms with van der Waals surface area (Å²) in [5.41, 5.74) is 11.7. The van der Waals surface area contributed by atoms with Crippen molar-refractivity contribution in [3.63, 3.8) is 0 Å². The van der Waals surface area contributed by atoms with E-state index in [1.54, 1.807) is 0 Å². The van der Waals surface area contributed by atoms with Gasteiger partial charge in [-0.3, -0.25) is 0 Å². The predicted octanol–water partition coefficient (Wildman–Crippen LogP) is 11.9. The quantitative estimate of drug-likeness (QED) is 0.0737. The van der Waals surface area contributed by atoms with Gasteiger partial charge in [0.15, 0.2) is 5.11 Å². The molecule has 6 heteroatoms. The monoisotopic (exact) mass is 788 g/mol. The lowest BCUT2D eigenvalue weighted by Gasteiger charge is -2.25. The minimum absolute atomic E-state index is 0.00416. The predicted molar refractivity (Wildman–Crippen MR) is 251 cm³/mol. The van der Waals surface area contributed by atoms with Gasteiger partial charge in [-0.2, -0.15) is 0 Å². The maximum atomic E-state index is 6.03. The van der Waals surface area contributed by atoms with Crippen LogP contribution in [0.15, 0.2) is 194 Å². The summed E-state index contributed by atoms with van der Waals surface area (Å²) in [6.45, 7) is 2.23. The number of aromatic nitrogens is 2. The molecule has 0 saturated carbocycles. The Balaban J connectivity index is 1.06. The maximum absolute atomic E-state index is 6.03. The lowest BCUT2D eigenvalue weighted by Crippen LogP contribution is -2.39. The van der Waals surface area contributed by atoms with E-state index in [4.69, 9.17) is 12.2 Å². The zero-order valence-corrected chi connectivity index (χ0v) is 34.1. The van der Waals surface area contributed by atoms with E-state index in [1.165, 1.54) is 49.3 Å². The number of hydrogen-bond acceptors (Lipinski definition) is 1. The van der Waals surface area contributed by atoms with Crippen LogP contribution in [0.25, 0.3) is 32.9 Å². The van der Waals surface area contributed by atoms with Gasteiger partial charge >= 0.3 is 0 Å². The molecule has 1 atom stereocenters. The molecular formula is C52H45N4PS. The van der Waals surface area contributed by atoms with Crippen molar-refractivity contribution < 1.29 is 0 Å². The Morgan fingerprint density at radius 1 is 0.552 bits per heavy atom. The number of fused-ring (bicyclic) bond motifs is 2. The highest BCUT2D eigenvalue weighted by atomic mass is 32.1. The smallest absolute Gasteiger partial charge is 0.171 e. The van der Waals surface area contributed by atoms with Gasteiger partial charge in [-0.05, 0) is 78.7 Å². The summed E-state index contributed by atoms with van der Waals surface area (Å²) in [6, 6.07) is 69.5. The molecule has 2 aromatic heterocycles. The first-order valence-electron chi connectivity index (χ1n) is 19.9. The van der Waals surface area contributed by atoms with Crippen molar-refractivity contribution in [1.29, 1.82) is 0 Å². The number of benzene rings is 7. The summed E-state index contributed by atoms with van der Waals surface area (Å²) in [7, 11) is -0.559. The lowest BCUT2D eigenvalue weighted by molar-refractivity contribution is 0.747. The molecule has 0 amide bonds. The molecule has 0 radical (unpaired) electrons. The van der Waals surface area contributed by atoms with Gasteiger partial charge in [0.25, 0.3) is 0 Å². The van der Waals surface area contributed by atoms with E-state index in [9.17, 15) is 0 Å². The third-order valence-electron chi connectivity index (χ3n) is 10.9. The van der Waals surface area contributed by atoms with Crippen molar-refractivity contribution in [2.24, 2.45) is 0 Å². The Kier molecular flexibility index (Phi) is 11.0. The second kappa shape index (κ2) is 17.1. The molecule has 0 bridgehead atoms. The van der Waals surface area contributed by atoms with Gasteiger partial charge in [-0.25, -0.2) is 0 Å². The van der Waals surface area contributed by atoms with E-state index in [1.807, 2.05) is 0 Å². The third-order valence-corrected chi connectivity index (χ3v) is 13.9. The average molecular weight is 789 g/mol. The minimum atomic E-state index is -0.559. The fourth-order valence-corrected chi connectivity index (χ4v) is 11.1. The molecule has 9 aromatic rings. The van der Waals surface area contributed by atoms with Crippen molar-refractivity contribution in [3.8, 4) is 11.1 Å². The fourth-order valence-electron chi connectivity index (χ4n) is 8.35. The number of anilines is 1. The van der Waals surface area contributed by atoms with Crippen molar-refractivity contribution in [1.82, 2.24) is 15.3 Å². The highest BCUT2D eigenvalue weighted by Crippen LogP contribution is 2.46. The van der Waals surface area contributed by atoms with Gasteiger partial charge < -0.3 is 20.6 Å². The van der Waals surface area contributed by atoms with Crippen molar-refractivity contribution in [3.05, 3.63) is 222 Å². The van der Waals surface area contributed by atoms with Gasteiger partial charge in [0, 0.05) is 68.4 Å². The van der Waals surface area contributed by atoms with E-state index >= 15 is 0 Å². The number of hydrogen-bond donors (Lipinski definition) is 4. The molecule has 0 aliphatic heterocycles. The first kappa shape index (κ1) is 37.3. The molecule has 284 valence electrons. The van der Waals surface area contributed by atoms with E-state index in [0.717, 1.165) is 34.1 Å². The summed E-state index contributed by atoms with van der Waals surface area (Å²) in [4.78, 5) is 7.83. The third kappa shape index (κ3) is 7.84. The largest absolute Gasteiger partial charge is 0.360 e. The molecule has 4 nitrogen and oxygen atoms in total. The van der Waals surface area contributed by atoms with Crippen LogP contribution in [0.1, 0.15) is 40.9 Å². The van der Waals surface area contributed by atoms with Gasteiger partial charge in [-0.1, -0.05) is 176 Å². The van der Waals surface area contributed by atoms with Crippen LogP contribution in [0.3, 0.4) is 0 Å². The number of para-hydroxylation sites is 3. The number of thiocarbonyl (C=S) groups is 1. The molecule has 0 fully saturated rings. The van der Waals surface area contributed by atoms with Crippen LogP contribution in [0, 0.1) is 0 Å². The van der Waals surface area contributed by atoms with E-state index in [0.29, 0.717) is 11.5 Å². The Bertz CT molecular complexity index is 2700. The summed E-state index contributed by atoms with van der Waals surface area (Å²) < 4.78 is 0. The molecule has 0 aliphatic rings. The van der Waals surface area contributed by atoms with Crippen LogP contribution in [-0.4, -0.2) is 27.3 Å². The standard InChI is InChI=1S/C52H45N4PS/c1-36(35-57(40-25-10-4-11-26-40)41-27-12-5-13-28-41)53-52(58)56-44-31-17-14-24-39(44)34-47-49(42-29-15-18-32-45(42)54-47)50-43-30-16-19-33-46(43)55-51(50)48(37-20-6-2-7-21-37)38-22-8-3-9-23-38/h2-33,36,48,54-55H,34-35H2,1H3,(H2,53,56,58)/t36-/m0/s1. The molecule has 0 saturated heterocycles. The molecule has 0 aliphatic carbocycles. The highest BCUT2D eigenvalue weighted by molar-refractivity contribution is 7.80. The average Bonchev–Trinajstić information content (AvgIpc) is 3.82. The van der Waals surface area contributed by atoms with Gasteiger partial charge in [0.1, 0.15) is 0 Å². The van der Waals surface area contributed by atoms with Crippen LogP contribution in [0.2, 0.25) is 0 Å². The molecule has 2 heterocycles. The molecule has 4 N–H and O–H groups in total. The summed E-state index contributed by atoms with van der Waals surface area (Å²) in [5.74, 6) is -0.00416. The first-order valence-corrected chi connectivity index (χ1v) is 21.9. The van der Waals surface area contributed by atoms with E-state index in [-0.39, 0.29) is 12.0 Å². The lowest BCUT2D eigenvalue weighted by atomic mass is 9.84. The van der Waals surface area contributed by atoms with E-state index < -0.39 is 7.92 Å². The van der Waals surface area contributed by atoms with Gasteiger partial charge in [-0.15, -0.1) is 0 Å². The minimum Gasteiger partial charge on any atom is -0.360 e. The van der Waals surface area contributed by atoms with Crippen LogP contribution < -0.4 is 21.2 Å². The Labute approximate surface area is 347 Å². The molecule has 0 spiro atoms.